The average molecular weight is 90.1 g/mol. The van der Waals surface area contributed by atoms with Crippen LogP contribution in [-0.4, -0.2) is 0 Å². The van der Waals surface area contributed by atoms with Crippen molar-refractivity contribution in [3.8, 4) is 0 Å². The first kappa shape index (κ1) is 10.2. The molecule has 0 unspecified atom stereocenters. The molecule has 0 atom stereocenters. The minimum absolute atomic E-state index is 0. The van der Waals surface area contributed by atoms with Crippen molar-refractivity contribution in [1.82, 2.24) is 0 Å². The molecular weight excluding hydrogens is 79.0 g/mol. The fraction of sp³-hybridized carbons (Fsp3) is 0.500. The van der Waals surface area contributed by atoms with Gasteiger partial charge < -0.3 is 0 Å². The van der Waals surface area contributed by atoms with Crippen LogP contribution in [-0.2, 0) is 0 Å². The maximum absolute atomic E-state index is 3.59. The monoisotopic (exact) mass is 90.1 g/mol. The molecule has 0 aromatic carbocycles. The largest absolute Gasteiger partial charge is 1.00 e. The Labute approximate surface area is 58.2 Å². The van der Waals surface area contributed by atoms with Crippen LogP contribution in [0.25, 0.3) is 0 Å². The number of rotatable bonds is 1. The fourth-order valence-electron chi connectivity index (χ4n) is 0.144. The van der Waals surface area contributed by atoms with E-state index in [2.05, 4.69) is 20.8 Å². The normalized spacial score (nSPS) is 10.3. The van der Waals surface area contributed by atoms with Crippen LogP contribution in [0.1, 0.15) is 20.3 Å². The van der Waals surface area contributed by atoms with E-state index >= 15 is 0 Å². The molecule has 0 nitrogen and oxygen atoms in total. The molecule has 0 bridgehead atoms. The van der Waals surface area contributed by atoms with Crippen molar-refractivity contribution in [3.63, 3.8) is 0 Å². The van der Waals surface area contributed by atoms with E-state index in [0.29, 0.717) is 0 Å². The summed E-state index contributed by atoms with van der Waals surface area (Å²) in [5, 5.41) is 0. The van der Waals surface area contributed by atoms with Gasteiger partial charge in [0.05, 0.1) is 0 Å². The van der Waals surface area contributed by atoms with Crippen molar-refractivity contribution >= 4 is 0 Å². The van der Waals surface area contributed by atoms with Gasteiger partial charge in [0, 0.05) is 0 Å². The Balaban J connectivity index is 0. The first-order valence-corrected chi connectivity index (χ1v) is 2.26. The summed E-state index contributed by atoms with van der Waals surface area (Å²) in [7, 11) is 0. The summed E-state index contributed by atoms with van der Waals surface area (Å²) < 4.78 is 0. The second kappa shape index (κ2) is 6.21. The molecule has 0 spiro atoms. The molecular formula is C6H11Li. The van der Waals surface area contributed by atoms with Crippen LogP contribution < -0.4 is 18.9 Å². The Kier molecular flexibility index (Phi) is 9.08. The van der Waals surface area contributed by atoms with Gasteiger partial charge >= 0.3 is 18.9 Å². The molecule has 0 aliphatic carbocycles. The van der Waals surface area contributed by atoms with Crippen molar-refractivity contribution in [2.45, 2.75) is 20.3 Å². The summed E-state index contributed by atoms with van der Waals surface area (Å²) in [6, 6.07) is 0. The summed E-state index contributed by atoms with van der Waals surface area (Å²) in [6.07, 6.45) is 3.02. The summed E-state index contributed by atoms with van der Waals surface area (Å²) >= 11 is 0. The molecule has 1 heteroatoms. The van der Waals surface area contributed by atoms with E-state index in [9.17, 15) is 0 Å². The van der Waals surface area contributed by atoms with Gasteiger partial charge in [0.25, 0.3) is 0 Å². The van der Waals surface area contributed by atoms with E-state index in [1.165, 1.54) is 5.57 Å². The SMILES string of the molecule is [CH2-]C=C(C)CC.[Li+]. The van der Waals surface area contributed by atoms with Gasteiger partial charge in [0.15, 0.2) is 0 Å². The zero-order valence-electron chi connectivity index (χ0n) is 5.49. The smallest absolute Gasteiger partial charge is 0.245 e. The molecule has 0 amide bonds. The standard InChI is InChI=1S/C6H11.Li/c1-4-6(3)5-2;/h4H,1,5H2,2-3H3;/q-1;+1. The molecule has 0 heterocycles. The van der Waals surface area contributed by atoms with E-state index < -0.39 is 0 Å². The number of allylic oxidation sites excluding steroid dienone is 2. The minimum Gasteiger partial charge on any atom is -0.245 e. The first-order valence-electron chi connectivity index (χ1n) is 2.26. The average Bonchev–Trinajstić information content (AvgIpc) is 1.65. The number of hydrogen-bond donors (Lipinski definition) is 0. The molecule has 0 aromatic heterocycles. The third-order valence-corrected chi connectivity index (χ3v) is 0.906. The zero-order valence-corrected chi connectivity index (χ0v) is 5.49. The predicted molar refractivity (Wildman–Crippen MR) is 29.4 cm³/mol. The molecule has 0 N–H and O–H groups in total. The van der Waals surface area contributed by atoms with Crippen molar-refractivity contribution < 1.29 is 18.9 Å². The second-order valence-corrected chi connectivity index (χ2v) is 1.40. The van der Waals surface area contributed by atoms with E-state index in [1.54, 1.807) is 0 Å². The van der Waals surface area contributed by atoms with Crippen LogP contribution in [0.3, 0.4) is 0 Å². The van der Waals surface area contributed by atoms with Gasteiger partial charge in [-0.1, -0.05) is 6.92 Å². The van der Waals surface area contributed by atoms with Crippen LogP contribution >= 0.6 is 0 Å². The third-order valence-electron chi connectivity index (χ3n) is 0.906. The van der Waals surface area contributed by atoms with Crippen molar-refractivity contribution in [2.24, 2.45) is 0 Å². The summed E-state index contributed by atoms with van der Waals surface area (Å²) in [6.45, 7) is 7.79. The Morgan fingerprint density at radius 2 is 2.14 bits per heavy atom. The van der Waals surface area contributed by atoms with Gasteiger partial charge in [-0.25, -0.2) is 18.6 Å². The zero-order chi connectivity index (χ0) is 4.99. The predicted octanol–water partition coefficient (Wildman–Crippen LogP) is -0.819. The third kappa shape index (κ3) is 6.21. The molecule has 0 saturated carbocycles. The summed E-state index contributed by atoms with van der Waals surface area (Å²) in [5.41, 5.74) is 1.36. The van der Waals surface area contributed by atoms with Crippen LogP contribution in [0, 0.1) is 6.92 Å². The molecule has 0 aliphatic heterocycles. The van der Waals surface area contributed by atoms with Crippen LogP contribution in [0.2, 0.25) is 0 Å². The van der Waals surface area contributed by atoms with Crippen molar-refractivity contribution in [3.05, 3.63) is 18.6 Å². The van der Waals surface area contributed by atoms with Gasteiger partial charge in [0.1, 0.15) is 0 Å². The molecule has 0 fully saturated rings. The summed E-state index contributed by atoms with van der Waals surface area (Å²) in [5.74, 6) is 0. The summed E-state index contributed by atoms with van der Waals surface area (Å²) in [4.78, 5) is 0. The van der Waals surface area contributed by atoms with Gasteiger partial charge in [-0.3, -0.25) is 0 Å². The molecule has 36 valence electrons. The van der Waals surface area contributed by atoms with Crippen molar-refractivity contribution in [1.29, 1.82) is 0 Å². The maximum atomic E-state index is 3.59. The van der Waals surface area contributed by atoms with E-state index in [1.807, 2.05) is 6.08 Å². The van der Waals surface area contributed by atoms with Gasteiger partial charge in [-0.05, 0) is 0 Å². The van der Waals surface area contributed by atoms with Gasteiger partial charge in [0.2, 0.25) is 0 Å². The quantitative estimate of drug-likeness (QED) is 0.291. The second-order valence-electron chi connectivity index (χ2n) is 1.40. The van der Waals surface area contributed by atoms with Crippen LogP contribution in [0.4, 0.5) is 0 Å². The molecule has 0 saturated heterocycles. The molecule has 0 rings (SSSR count). The van der Waals surface area contributed by atoms with E-state index in [0.717, 1.165) is 6.42 Å². The van der Waals surface area contributed by atoms with Crippen LogP contribution in [0.15, 0.2) is 11.6 Å². The fourth-order valence-corrected chi connectivity index (χ4v) is 0.144. The number of hydrogen-bond acceptors (Lipinski definition) is 0. The Morgan fingerprint density at radius 3 is 2.14 bits per heavy atom. The Bertz CT molecular complexity index is 55.2. The Morgan fingerprint density at radius 1 is 1.71 bits per heavy atom. The van der Waals surface area contributed by atoms with Crippen molar-refractivity contribution in [2.75, 3.05) is 0 Å². The Hall–Kier alpha value is 0.207. The first-order chi connectivity index (χ1) is 2.81. The van der Waals surface area contributed by atoms with Gasteiger partial charge in [-0.15, -0.1) is 13.3 Å². The van der Waals surface area contributed by atoms with E-state index in [4.69, 9.17) is 0 Å². The van der Waals surface area contributed by atoms with E-state index in [-0.39, 0.29) is 18.9 Å². The molecule has 7 heavy (non-hydrogen) atoms. The minimum atomic E-state index is 0. The topological polar surface area (TPSA) is 0 Å². The van der Waals surface area contributed by atoms with Gasteiger partial charge in [-0.2, -0.15) is 0 Å². The van der Waals surface area contributed by atoms with Crippen LogP contribution in [0.5, 0.6) is 0 Å². The molecule has 0 aliphatic rings. The maximum Gasteiger partial charge on any atom is 1.00 e. The molecule has 0 aromatic rings. The molecule has 0 radical (unpaired) electrons.